The van der Waals surface area contributed by atoms with Crippen LogP contribution in [0.4, 0.5) is 0 Å². The first kappa shape index (κ1) is 14.4. The van der Waals surface area contributed by atoms with E-state index in [2.05, 4.69) is 68.0 Å². The molecule has 1 aromatic carbocycles. The minimum Gasteiger partial charge on any atom is -0.300 e. The number of halogens is 1. The number of aromatic nitrogens is 1. The highest BCUT2D eigenvalue weighted by Crippen LogP contribution is 2.26. The van der Waals surface area contributed by atoms with Gasteiger partial charge in [-0.15, -0.1) is 11.3 Å². The van der Waals surface area contributed by atoms with Gasteiger partial charge in [-0.2, -0.15) is 0 Å². The second-order valence-corrected chi connectivity index (χ2v) is 6.60. The summed E-state index contributed by atoms with van der Waals surface area (Å²) in [6.07, 6.45) is 1.83. The van der Waals surface area contributed by atoms with E-state index < -0.39 is 0 Å². The van der Waals surface area contributed by atoms with Gasteiger partial charge in [0.15, 0.2) is 0 Å². The van der Waals surface area contributed by atoms with E-state index in [1.54, 1.807) is 11.3 Å². The number of rotatable bonds is 5. The SMILES string of the molecule is Brc1ccc(CNC(c2ccccc2)c2cccs2)nc1. The van der Waals surface area contributed by atoms with E-state index in [0.717, 1.165) is 16.7 Å². The van der Waals surface area contributed by atoms with Gasteiger partial charge in [0.2, 0.25) is 0 Å². The highest BCUT2D eigenvalue weighted by atomic mass is 79.9. The van der Waals surface area contributed by atoms with Crippen LogP contribution < -0.4 is 5.32 Å². The molecular weight excluding hydrogens is 344 g/mol. The first-order chi connectivity index (χ1) is 10.3. The minimum absolute atomic E-state index is 0.205. The van der Waals surface area contributed by atoms with Crippen molar-refractivity contribution in [1.29, 1.82) is 0 Å². The van der Waals surface area contributed by atoms with Crippen LogP contribution in [0, 0.1) is 0 Å². The lowest BCUT2D eigenvalue weighted by Gasteiger charge is -2.18. The zero-order valence-electron chi connectivity index (χ0n) is 11.4. The predicted octanol–water partition coefficient (Wildman–Crippen LogP) is 4.78. The van der Waals surface area contributed by atoms with Crippen LogP contribution >= 0.6 is 27.3 Å². The number of hydrogen-bond donors (Lipinski definition) is 1. The van der Waals surface area contributed by atoms with Crippen molar-refractivity contribution in [1.82, 2.24) is 10.3 Å². The zero-order valence-corrected chi connectivity index (χ0v) is 13.8. The topological polar surface area (TPSA) is 24.9 Å². The molecule has 0 radical (unpaired) electrons. The van der Waals surface area contributed by atoms with Gasteiger partial charge in [-0.25, -0.2) is 0 Å². The summed E-state index contributed by atoms with van der Waals surface area (Å²) < 4.78 is 1.00. The van der Waals surface area contributed by atoms with Gasteiger partial charge in [0.1, 0.15) is 0 Å². The molecule has 3 rings (SSSR count). The standard InChI is InChI=1S/C17H15BrN2S/c18-14-8-9-15(19-11-14)12-20-17(16-7-4-10-21-16)13-5-2-1-3-6-13/h1-11,17,20H,12H2. The summed E-state index contributed by atoms with van der Waals surface area (Å²) in [5.74, 6) is 0. The maximum atomic E-state index is 4.42. The van der Waals surface area contributed by atoms with E-state index >= 15 is 0 Å². The lowest BCUT2D eigenvalue weighted by Crippen LogP contribution is -2.21. The summed E-state index contributed by atoms with van der Waals surface area (Å²) in [6.45, 7) is 0.741. The van der Waals surface area contributed by atoms with E-state index in [9.17, 15) is 0 Å². The third-order valence-electron chi connectivity index (χ3n) is 3.24. The molecule has 4 heteroatoms. The maximum absolute atomic E-state index is 4.42. The second-order valence-electron chi connectivity index (χ2n) is 4.71. The van der Waals surface area contributed by atoms with Gasteiger partial charge in [-0.1, -0.05) is 36.4 Å². The number of thiophene rings is 1. The fourth-order valence-corrected chi connectivity index (χ4v) is 3.26. The van der Waals surface area contributed by atoms with Crippen LogP contribution in [0.3, 0.4) is 0 Å². The predicted molar refractivity (Wildman–Crippen MR) is 91.4 cm³/mol. The van der Waals surface area contributed by atoms with Gasteiger partial charge in [-0.3, -0.25) is 10.3 Å². The largest absolute Gasteiger partial charge is 0.300 e. The van der Waals surface area contributed by atoms with Crippen LogP contribution in [-0.2, 0) is 6.54 Å². The minimum atomic E-state index is 0.205. The van der Waals surface area contributed by atoms with Crippen molar-refractivity contribution in [3.05, 3.63) is 86.8 Å². The van der Waals surface area contributed by atoms with Crippen molar-refractivity contribution in [2.24, 2.45) is 0 Å². The molecule has 0 bridgehead atoms. The van der Waals surface area contributed by atoms with Crippen LogP contribution in [0.5, 0.6) is 0 Å². The van der Waals surface area contributed by atoms with Crippen molar-refractivity contribution < 1.29 is 0 Å². The molecule has 1 N–H and O–H groups in total. The first-order valence-corrected chi connectivity index (χ1v) is 8.42. The summed E-state index contributed by atoms with van der Waals surface area (Å²) in [7, 11) is 0. The number of nitrogens with one attached hydrogen (secondary N) is 1. The zero-order chi connectivity index (χ0) is 14.5. The third-order valence-corrected chi connectivity index (χ3v) is 4.64. The Hall–Kier alpha value is -1.49. The van der Waals surface area contributed by atoms with Gasteiger partial charge >= 0.3 is 0 Å². The average molecular weight is 359 g/mol. The molecule has 0 saturated carbocycles. The molecule has 0 aliphatic heterocycles. The van der Waals surface area contributed by atoms with Crippen molar-refractivity contribution in [3.63, 3.8) is 0 Å². The molecule has 0 spiro atoms. The van der Waals surface area contributed by atoms with E-state index in [1.807, 2.05) is 24.4 Å². The molecule has 0 aliphatic carbocycles. The highest BCUT2D eigenvalue weighted by Gasteiger charge is 2.14. The van der Waals surface area contributed by atoms with E-state index in [0.29, 0.717) is 0 Å². The Kier molecular flexibility index (Phi) is 4.80. The molecule has 2 heterocycles. The van der Waals surface area contributed by atoms with Crippen LogP contribution in [0.2, 0.25) is 0 Å². The van der Waals surface area contributed by atoms with Crippen molar-refractivity contribution in [3.8, 4) is 0 Å². The molecule has 2 aromatic heterocycles. The molecule has 0 amide bonds. The van der Waals surface area contributed by atoms with Gasteiger partial charge in [-0.05, 0) is 45.1 Å². The Labute approximate surface area is 137 Å². The number of nitrogens with zero attached hydrogens (tertiary/aromatic N) is 1. The molecule has 0 saturated heterocycles. The molecule has 21 heavy (non-hydrogen) atoms. The fraction of sp³-hybridized carbons (Fsp3) is 0.118. The number of benzene rings is 1. The Bertz CT molecular complexity index is 666. The maximum Gasteiger partial charge on any atom is 0.0674 e. The van der Waals surface area contributed by atoms with Crippen molar-refractivity contribution >= 4 is 27.3 Å². The quantitative estimate of drug-likeness (QED) is 0.709. The Morgan fingerprint density at radius 3 is 2.57 bits per heavy atom. The Balaban J connectivity index is 1.78. The first-order valence-electron chi connectivity index (χ1n) is 6.75. The monoisotopic (exact) mass is 358 g/mol. The van der Waals surface area contributed by atoms with Crippen molar-refractivity contribution in [2.75, 3.05) is 0 Å². The van der Waals surface area contributed by atoms with Crippen LogP contribution in [0.1, 0.15) is 22.2 Å². The van der Waals surface area contributed by atoms with E-state index in [-0.39, 0.29) is 6.04 Å². The molecule has 0 fully saturated rings. The van der Waals surface area contributed by atoms with Crippen LogP contribution in [0.15, 0.2) is 70.6 Å². The number of hydrogen-bond acceptors (Lipinski definition) is 3. The lowest BCUT2D eigenvalue weighted by molar-refractivity contribution is 0.604. The molecule has 1 unspecified atom stereocenters. The average Bonchev–Trinajstić information content (AvgIpc) is 3.05. The van der Waals surface area contributed by atoms with E-state index in [4.69, 9.17) is 0 Å². The summed E-state index contributed by atoms with van der Waals surface area (Å²) in [4.78, 5) is 5.74. The van der Waals surface area contributed by atoms with Gasteiger partial charge in [0, 0.05) is 22.1 Å². The normalized spacial score (nSPS) is 12.2. The second kappa shape index (κ2) is 6.98. The third kappa shape index (κ3) is 3.79. The van der Waals surface area contributed by atoms with Gasteiger partial charge in [0.05, 0.1) is 11.7 Å². The van der Waals surface area contributed by atoms with Crippen LogP contribution in [0.25, 0.3) is 0 Å². The molecule has 0 aliphatic rings. The Morgan fingerprint density at radius 1 is 1.05 bits per heavy atom. The lowest BCUT2D eigenvalue weighted by atomic mass is 10.1. The van der Waals surface area contributed by atoms with Crippen molar-refractivity contribution in [2.45, 2.75) is 12.6 Å². The number of pyridine rings is 1. The fourth-order valence-electron chi connectivity index (χ4n) is 2.20. The molecule has 3 aromatic rings. The van der Waals surface area contributed by atoms with Crippen LogP contribution in [-0.4, -0.2) is 4.98 Å². The smallest absolute Gasteiger partial charge is 0.0674 e. The van der Waals surface area contributed by atoms with E-state index in [1.165, 1.54) is 10.4 Å². The summed E-state index contributed by atoms with van der Waals surface area (Å²) in [6, 6.07) is 19.0. The highest BCUT2D eigenvalue weighted by molar-refractivity contribution is 9.10. The van der Waals surface area contributed by atoms with Gasteiger partial charge < -0.3 is 0 Å². The van der Waals surface area contributed by atoms with Gasteiger partial charge in [0.25, 0.3) is 0 Å². The Morgan fingerprint density at radius 2 is 1.90 bits per heavy atom. The summed E-state index contributed by atoms with van der Waals surface area (Å²) in [5, 5.41) is 5.72. The molecule has 1 atom stereocenters. The summed E-state index contributed by atoms with van der Waals surface area (Å²) in [5.41, 5.74) is 2.31. The molecule has 2 nitrogen and oxygen atoms in total. The summed E-state index contributed by atoms with van der Waals surface area (Å²) >= 11 is 5.19. The molecule has 106 valence electrons. The molecular formula is C17H15BrN2S.